The number of amidine groups is 1. The zero-order valence-electron chi connectivity index (χ0n) is 30.4. The first-order valence-corrected chi connectivity index (χ1v) is 19.1. The van der Waals surface area contributed by atoms with E-state index in [1.54, 1.807) is 0 Å². The highest BCUT2D eigenvalue weighted by Gasteiger charge is 2.29. The van der Waals surface area contributed by atoms with Gasteiger partial charge in [0.15, 0.2) is 0 Å². The van der Waals surface area contributed by atoms with Crippen molar-refractivity contribution in [2.24, 2.45) is 9.98 Å². The van der Waals surface area contributed by atoms with Crippen LogP contribution in [0.2, 0.25) is 0 Å². The van der Waals surface area contributed by atoms with Gasteiger partial charge >= 0.3 is 0 Å². The van der Waals surface area contributed by atoms with Crippen LogP contribution in [0.3, 0.4) is 0 Å². The second-order valence-corrected chi connectivity index (χ2v) is 14.4. The smallest absolute Gasteiger partial charge is 0.200 e. The fourth-order valence-electron chi connectivity index (χ4n) is 8.45. The van der Waals surface area contributed by atoms with Crippen molar-refractivity contribution in [3.8, 4) is 16.8 Å². The van der Waals surface area contributed by atoms with Crippen molar-refractivity contribution in [3.63, 3.8) is 0 Å². The van der Waals surface area contributed by atoms with Gasteiger partial charge in [0, 0.05) is 33.4 Å². The number of para-hydroxylation sites is 3. The molecule has 11 rings (SSSR count). The molecule has 2 aliphatic heterocycles. The second kappa shape index (κ2) is 13.3. The Bertz CT molecular complexity index is 2990. The van der Waals surface area contributed by atoms with E-state index in [1.165, 1.54) is 38.2 Å². The Morgan fingerprint density at radius 1 is 0.482 bits per heavy atom. The summed E-state index contributed by atoms with van der Waals surface area (Å²) >= 11 is 0. The van der Waals surface area contributed by atoms with E-state index in [9.17, 15) is 0 Å². The van der Waals surface area contributed by atoms with Crippen molar-refractivity contribution in [1.82, 2.24) is 25.1 Å². The van der Waals surface area contributed by atoms with E-state index in [4.69, 9.17) is 9.98 Å². The standard InChI is InChI=1S/C49H37N7/c1-4-14-32(15-5-1)33-24-26-35(27-25-33)47-52-46(34-16-6-2-7-17-34)53-48(54-47)41-28-29-50-49(51-41)56-43-23-13-11-21-38(43)40-30-39-37-20-10-12-22-42(37)55(44(39)31-45(40)56)36-18-8-3-9-19-36/h1-31,46-47,49,51-52H,(H,53,54). The summed E-state index contributed by atoms with van der Waals surface area (Å²) < 4.78 is 4.70. The summed E-state index contributed by atoms with van der Waals surface area (Å²) in [6, 6.07) is 62.3. The van der Waals surface area contributed by atoms with Crippen molar-refractivity contribution >= 4 is 55.7 Å². The minimum Gasteiger partial charge on any atom is -0.349 e. The van der Waals surface area contributed by atoms with E-state index in [-0.39, 0.29) is 12.3 Å². The molecule has 0 radical (unpaired) electrons. The van der Waals surface area contributed by atoms with E-state index in [1.807, 2.05) is 24.4 Å². The summed E-state index contributed by atoms with van der Waals surface area (Å²) in [6.45, 7) is 0. The van der Waals surface area contributed by atoms with Crippen molar-refractivity contribution < 1.29 is 0 Å². The maximum Gasteiger partial charge on any atom is 0.200 e. The summed E-state index contributed by atoms with van der Waals surface area (Å²) in [5.74, 6) is 0.776. The predicted octanol–water partition coefficient (Wildman–Crippen LogP) is 10.6. The topological polar surface area (TPSA) is 70.7 Å². The predicted molar refractivity (Wildman–Crippen MR) is 230 cm³/mol. The largest absolute Gasteiger partial charge is 0.349 e. The number of fused-ring (bicyclic) bond motifs is 6. The van der Waals surface area contributed by atoms with Crippen molar-refractivity contribution in [1.29, 1.82) is 0 Å². The molecular weight excluding hydrogens is 687 g/mol. The van der Waals surface area contributed by atoms with Crippen molar-refractivity contribution in [2.45, 2.75) is 18.6 Å². The fourth-order valence-corrected chi connectivity index (χ4v) is 8.45. The Labute approximate surface area is 324 Å². The molecule has 2 aliphatic rings. The van der Waals surface area contributed by atoms with Crippen LogP contribution in [-0.4, -0.2) is 21.2 Å². The zero-order valence-corrected chi connectivity index (χ0v) is 30.4. The molecule has 7 nitrogen and oxygen atoms in total. The van der Waals surface area contributed by atoms with E-state index in [0.29, 0.717) is 0 Å². The first-order valence-electron chi connectivity index (χ1n) is 19.1. The van der Waals surface area contributed by atoms with Gasteiger partial charge in [-0.3, -0.25) is 5.32 Å². The Kier molecular flexibility index (Phi) is 7.64. The minimum absolute atomic E-state index is 0.182. The van der Waals surface area contributed by atoms with Crippen LogP contribution in [0, 0.1) is 0 Å². The molecular formula is C49H37N7. The van der Waals surface area contributed by atoms with E-state index in [2.05, 4.69) is 189 Å². The van der Waals surface area contributed by atoms with Gasteiger partial charge < -0.3 is 19.8 Å². The molecule has 9 aromatic rings. The van der Waals surface area contributed by atoms with Crippen LogP contribution < -0.4 is 16.0 Å². The summed E-state index contributed by atoms with van der Waals surface area (Å²) in [4.78, 5) is 10.3. The molecule has 7 aromatic carbocycles. The molecule has 2 aromatic heterocycles. The van der Waals surface area contributed by atoms with Crippen LogP contribution in [0.1, 0.15) is 29.7 Å². The molecule has 0 saturated carbocycles. The lowest BCUT2D eigenvalue weighted by Crippen LogP contribution is -2.48. The molecule has 3 atom stereocenters. The van der Waals surface area contributed by atoms with Crippen LogP contribution in [0.4, 0.5) is 0 Å². The molecule has 3 unspecified atom stereocenters. The average molecular weight is 724 g/mol. The summed E-state index contributed by atoms with van der Waals surface area (Å²) in [5, 5.41) is 16.1. The van der Waals surface area contributed by atoms with Crippen LogP contribution >= 0.6 is 0 Å². The van der Waals surface area contributed by atoms with Gasteiger partial charge in [-0.2, -0.15) is 0 Å². The van der Waals surface area contributed by atoms with Gasteiger partial charge in [0.1, 0.15) is 18.2 Å². The highest BCUT2D eigenvalue weighted by atomic mass is 15.3. The fraction of sp³-hybridized carbons (Fsp3) is 0.0612. The van der Waals surface area contributed by atoms with Crippen LogP contribution in [0.5, 0.6) is 0 Å². The number of allylic oxidation sites excluding steroid dienone is 1. The van der Waals surface area contributed by atoms with Crippen LogP contribution in [0.15, 0.2) is 198 Å². The number of nitrogens with one attached hydrogen (secondary N) is 3. The lowest BCUT2D eigenvalue weighted by atomic mass is 10.0. The monoisotopic (exact) mass is 723 g/mol. The zero-order chi connectivity index (χ0) is 37.0. The highest BCUT2D eigenvalue weighted by molar-refractivity contribution is 6.18. The number of hydrogen-bond acceptors (Lipinski definition) is 5. The molecule has 268 valence electrons. The van der Waals surface area contributed by atoms with Crippen molar-refractivity contribution in [3.05, 3.63) is 199 Å². The number of aliphatic imine (C=N–C) groups is 2. The molecule has 4 heterocycles. The van der Waals surface area contributed by atoms with Gasteiger partial charge in [0.05, 0.1) is 27.8 Å². The number of hydrogen-bond donors (Lipinski definition) is 3. The molecule has 7 heteroatoms. The first-order chi connectivity index (χ1) is 27.8. The third-order valence-electron chi connectivity index (χ3n) is 11.1. The highest BCUT2D eigenvalue weighted by Crippen LogP contribution is 2.40. The van der Waals surface area contributed by atoms with Gasteiger partial charge in [-0.25, -0.2) is 9.98 Å². The number of benzene rings is 7. The lowest BCUT2D eigenvalue weighted by Gasteiger charge is -2.34. The summed E-state index contributed by atoms with van der Waals surface area (Å²) in [5.41, 5.74) is 11.2. The SMILES string of the molecule is C1=NC(n2c3ccccc3c3cc4c5ccccc5n(-c5ccccc5)c4cc32)NC(C2=NC(c3ccccc3)NC(c3ccc(-c4ccccc4)cc3)N2)=C1. The maximum absolute atomic E-state index is 5.26. The van der Waals surface area contributed by atoms with E-state index in [0.717, 1.165) is 44.9 Å². The Morgan fingerprint density at radius 3 is 1.88 bits per heavy atom. The number of nitrogens with zero attached hydrogens (tertiary/aromatic N) is 4. The third kappa shape index (κ3) is 5.40. The van der Waals surface area contributed by atoms with Crippen LogP contribution in [-0.2, 0) is 0 Å². The minimum atomic E-state index is -0.414. The second-order valence-electron chi connectivity index (χ2n) is 14.4. The van der Waals surface area contributed by atoms with Gasteiger partial charge in [0.2, 0.25) is 6.29 Å². The van der Waals surface area contributed by atoms with Crippen molar-refractivity contribution in [2.75, 3.05) is 0 Å². The Morgan fingerprint density at radius 2 is 1.11 bits per heavy atom. The van der Waals surface area contributed by atoms with Gasteiger partial charge in [-0.15, -0.1) is 0 Å². The van der Waals surface area contributed by atoms with E-state index >= 15 is 0 Å². The summed E-state index contributed by atoms with van der Waals surface area (Å²) in [7, 11) is 0. The molecule has 56 heavy (non-hydrogen) atoms. The molecule has 0 spiro atoms. The third-order valence-corrected chi connectivity index (χ3v) is 11.1. The molecule has 3 N–H and O–H groups in total. The molecule has 0 aliphatic carbocycles. The Hall–Kier alpha value is -7.22. The normalized spacial score (nSPS) is 18.2. The lowest BCUT2D eigenvalue weighted by molar-refractivity contribution is 0.404. The molecule has 0 saturated heterocycles. The van der Waals surface area contributed by atoms with Crippen LogP contribution in [0.25, 0.3) is 60.4 Å². The van der Waals surface area contributed by atoms with E-state index < -0.39 is 6.29 Å². The Balaban J connectivity index is 1.00. The summed E-state index contributed by atoms with van der Waals surface area (Å²) in [6.07, 6.45) is 3.07. The number of rotatable bonds is 6. The molecule has 0 amide bonds. The van der Waals surface area contributed by atoms with Gasteiger partial charge in [-0.05, 0) is 64.7 Å². The molecule has 0 bridgehead atoms. The first kappa shape index (κ1) is 32.2. The maximum atomic E-state index is 5.26. The number of aromatic nitrogens is 2. The quantitative estimate of drug-likeness (QED) is 0.160. The van der Waals surface area contributed by atoms with Gasteiger partial charge in [0.25, 0.3) is 0 Å². The molecule has 0 fully saturated rings. The van der Waals surface area contributed by atoms with Gasteiger partial charge in [-0.1, -0.05) is 140 Å². The average Bonchev–Trinajstić information content (AvgIpc) is 3.78.